The Labute approximate surface area is 149 Å². The van der Waals surface area contributed by atoms with Crippen molar-refractivity contribution in [1.82, 2.24) is 0 Å². The van der Waals surface area contributed by atoms with Gasteiger partial charge in [0.25, 0.3) is 0 Å². The van der Waals surface area contributed by atoms with Crippen LogP contribution < -0.4 is 0 Å². The van der Waals surface area contributed by atoms with Gasteiger partial charge in [0, 0.05) is 4.83 Å². The maximum Gasteiger partial charge on any atom is 0.321 e. The van der Waals surface area contributed by atoms with E-state index in [0.717, 1.165) is 5.56 Å². The van der Waals surface area contributed by atoms with Crippen molar-refractivity contribution in [1.29, 1.82) is 0 Å². The van der Waals surface area contributed by atoms with E-state index >= 15 is 0 Å². The summed E-state index contributed by atoms with van der Waals surface area (Å²) in [5.41, 5.74) is 1.03. The lowest BCUT2D eigenvalue weighted by atomic mass is 9.99. The first-order valence-electron chi connectivity index (χ1n) is 6.06. The maximum atomic E-state index is 11.8. The van der Waals surface area contributed by atoms with Crippen LogP contribution in [0.2, 0.25) is 0 Å². The van der Waals surface area contributed by atoms with Crippen LogP contribution in [0.5, 0.6) is 0 Å². The number of rotatable bonds is 6. The maximum absolute atomic E-state index is 11.8. The molecule has 116 valence electrons. The molecule has 0 amide bonds. The fourth-order valence-electron chi connectivity index (χ4n) is 1.78. The van der Waals surface area contributed by atoms with Gasteiger partial charge in [-0.3, -0.25) is 9.59 Å². The Morgan fingerprint density at radius 2 is 1.38 bits per heavy atom. The topological polar surface area (TPSA) is 52.6 Å². The molecule has 0 radical (unpaired) electrons. The van der Waals surface area contributed by atoms with E-state index in [1.807, 2.05) is 30.3 Å². The fourth-order valence-corrected chi connectivity index (χ4v) is 4.17. The molecule has 0 saturated heterocycles. The average Bonchev–Trinajstić information content (AvgIpc) is 2.53. The molecule has 1 rings (SSSR count). The molecule has 4 nitrogen and oxygen atoms in total. The number of methoxy groups -OCH3 is 2. The molecule has 0 bridgehead atoms. The second-order valence-corrected chi connectivity index (χ2v) is 7.33. The highest BCUT2D eigenvalue weighted by atomic mass is 79.9. The van der Waals surface area contributed by atoms with Gasteiger partial charge in [0.2, 0.25) is 0 Å². The monoisotopic (exact) mass is 484 g/mol. The zero-order chi connectivity index (χ0) is 16.0. The molecule has 0 fully saturated rings. The van der Waals surface area contributed by atoms with Gasteiger partial charge in [-0.25, -0.2) is 0 Å². The smallest absolute Gasteiger partial charge is 0.321 e. The van der Waals surface area contributed by atoms with Crippen LogP contribution in [0.1, 0.15) is 10.4 Å². The summed E-state index contributed by atoms with van der Waals surface area (Å²) < 4.78 is 9.37. The van der Waals surface area contributed by atoms with Crippen molar-refractivity contribution < 1.29 is 19.1 Å². The van der Waals surface area contributed by atoms with E-state index in [4.69, 9.17) is 0 Å². The zero-order valence-corrected chi connectivity index (χ0v) is 16.2. The normalized spacial score (nSPS) is 15.1. The van der Waals surface area contributed by atoms with Crippen LogP contribution in [0.4, 0.5) is 0 Å². The second kappa shape index (κ2) is 8.90. The molecule has 1 aromatic carbocycles. The Morgan fingerprint density at radius 1 is 0.905 bits per heavy atom. The second-order valence-electron chi connectivity index (χ2n) is 4.23. The molecule has 0 N–H and O–H groups in total. The third-order valence-electron chi connectivity index (χ3n) is 2.93. The van der Waals surface area contributed by atoms with Gasteiger partial charge in [-0.2, -0.15) is 0 Å². The lowest BCUT2D eigenvalue weighted by molar-refractivity contribution is -0.158. The number of esters is 2. The summed E-state index contributed by atoms with van der Waals surface area (Å²) in [5, 5.41) is 0. The van der Waals surface area contributed by atoms with Crippen LogP contribution in [-0.2, 0) is 19.1 Å². The van der Waals surface area contributed by atoms with Crippen LogP contribution in [0.15, 0.2) is 30.3 Å². The van der Waals surface area contributed by atoms with E-state index in [1.54, 1.807) is 0 Å². The van der Waals surface area contributed by atoms with Gasteiger partial charge in [0.15, 0.2) is 5.92 Å². The van der Waals surface area contributed by atoms with Crippen molar-refractivity contribution in [2.75, 3.05) is 14.2 Å². The van der Waals surface area contributed by atoms with Gasteiger partial charge in [-0.15, -0.1) is 0 Å². The van der Waals surface area contributed by atoms with E-state index in [2.05, 4.69) is 57.3 Å². The van der Waals surface area contributed by atoms with Crippen molar-refractivity contribution in [2.45, 2.75) is 14.5 Å². The van der Waals surface area contributed by atoms with E-state index in [1.165, 1.54) is 14.2 Å². The highest BCUT2D eigenvalue weighted by molar-refractivity contribution is 9.13. The van der Waals surface area contributed by atoms with Gasteiger partial charge in [-0.1, -0.05) is 78.1 Å². The van der Waals surface area contributed by atoms with Crippen LogP contribution in [0.3, 0.4) is 0 Å². The molecule has 7 heteroatoms. The molecule has 0 heterocycles. The van der Waals surface area contributed by atoms with Crippen molar-refractivity contribution in [3.63, 3.8) is 0 Å². The Hall–Kier alpha value is -0.400. The summed E-state index contributed by atoms with van der Waals surface area (Å²) in [4.78, 5) is 22.8. The van der Waals surface area contributed by atoms with Crippen LogP contribution >= 0.6 is 47.8 Å². The SMILES string of the molecule is COC(=O)C(C(=O)OC)[C@H](Br)[C@H](Br)[C@H](Br)c1ccccc1. The van der Waals surface area contributed by atoms with Gasteiger partial charge < -0.3 is 9.47 Å². The zero-order valence-electron chi connectivity index (χ0n) is 11.5. The largest absolute Gasteiger partial charge is 0.468 e. The quantitative estimate of drug-likeness (QED) is 0.350. The average molecular weight is 487 g/mol. The Bertz CT molecular complexity index is 464. The summed E-state index contributed by atoms with van der Waals surface area (Å²) in [6.45, 7) is 0. The predicted octanol–water partition coefficient (Wildman–Crippen LogP) is 3.61. The predicted molar refractivity (Wildman–Crippen MR) is 91.1 cm³/mol. The molecular weight excluding hydrogens is 472 g/mol. The lowest BCUT2D eigenvalue weighted by Crippen LogP contribution is -2.39. The Kier molecular flexibility index (Phi) is 7.90. The standard InChI is InChI=1S/C14H15Br3O4/c1-20-13(18)9(14(19)21-2)11(16)12(17)10(15)8-6-4-3-5-7-8/h3-7,9-12H,1-2H3/t10-,11+,12-/m1/s1. The molecule has 0 aliphatic rings. The lowest BCUT2D eigenvalue weighted by Gasteiger charge is -2.26. The first-order chi connectivity index (χ1) is 9.93. The molecule has 1 aromatic rings. The number of halogens is 3. The summed E-state index contributed by atoms with van der Waals surface area (Å²) in [5.74, 6) is -2.32. The van der Waals surface area contributed by atoms with Gasteiger partial charge >= 0.3 is 11.9 Å². The van der Waals surface area contributed by atoms with E-state index in [0.29, 0.717) is 0 Å². The minimum atomic E-state index is -1.05. The molecule has 0 aliphatic carbocycles. The molecule has 21 heavy (non-hydrogen) atoms. The van der Waals surface area contributed by atoms with E-state index in [-0.39, 0.29) is 9.65 Å². The third-order valence-corrected chi connectivity index (χ3v) is 7.64. The summed E-state index contributed by atoms with van der Waals surface area (Å²) >= 11 is 10.5. The summed E-state index contributed by atoms with van der Waals surface area (Å²) in [6, 6.07) is 9.68. The first kappa shape index (κ1) is 18.6. The third kappa shape index (κ3) is 4.79. The van der Waals surface area contributed by atoms with Crippen molar-refractivity contribution in [3.8, 4) is 0 Å². The van der Waals surface area contributed by atoms with Crippen molar-refractivity contribution in [2.24, 2.45) is 5.92 Å². The minimum Gasteiger partial charge on any atom is -0.468 e. The molecular formula is C14H15Br3O4. The highest BCUT2D eigenvalue weighted by Crippen LogP contribution is 2.38. The number of alkyl halides is 3. The molecule has 0 aliphatic heterocycles. The Morgan fingerprint density at radius 3 is 1.81 bits per heavy atom. The number of carbonyl (C=O) groups excluding carboxylic acids is 2. The van der Waals surface area contributed by atoms with Crippen LogP contribution in [-0.4, -0.2) is 35.8 Å². The first-order valence-corrected chi connectivity index (χ1v) is 8.81. The summed E-state index contributed by atoms with van der Waals surface area (Å²) in [6.07, 6.45) is 0. The molecule has 0 spiro atoms. The number of hydrogen-bond acceptors (Lipinski definition) is 4. The molecule has 0 saturated carbocycles. The van der Waals surface area contributed by atoms with Gasteiger partial charge in [0.05, 0.1) is 23.9 Å². The minimum absolute atomic E-state index is 0.0973. The van der Waals surface area contributed by atoms with E-state index < -0.39 is 22.7 Å². The van der Waals surface area contributed by atoms with Crippen molar-refractivity contribution >= 4 is 59.7 Å². The molecule has 0 aromatic heterocycles. The van der Waals surface area contributed by atoms with E-state index in [9.17, 15) is 9.59 Å². The molecule has 0 unspecified atom stereocenters. The van der Waals surface area contributed by atoms with Crippen LogP contribution in [0, 0.1) is 5.92 Å². The number of benzene rings is 1. The van der Waals surface area contributed by atoms with Crippen molar-refractivity contribution in [3.05, 3.63) is 35.9 Å². The van der Waals surface area contributed by atoms with Crippen LogP contribution in [0.25, 0.3) is 0 Å². The van der Waals surface area contributed by atoms with Gasteiger partial charge in [-0.05, 0) is 5.56 Å². The Balaban J connectivity index is 2.95. The number of carbonyl (C=O) groups is 2. The van der Waals surface area contributed by atoms with Gasteiger partial charge in [0.1, 0.15) is 0 Å². The number of ether oxygens (including phenoxy) is 2. The number of hydrogen-bond donors (Lipinski definition) is 0. The fraction of sp³-hybridized carbons (Fsp3) is 0.429. The molecule has 3 atom stereocenters. The highest BCUT2D eigenvalue weighted by Gasteiger charge is 2.41. The summed E-state index contributed by atoms with van der Waals surface area (Å²) in [7, 11) is 2.48.